The zero-order valence-electron chi connectivity index (χ0n) is 63.0. The molecule has 492 valence electrons. The normalized spacial score (nSPS) is 35.4. The fraction of sp³-hybridized carbons (Fsp3) is 1.00. The highest BCUT2D eigenvalue weighted by molar-refractivity contribution is 4.86. The summed E-state index contributed by atoms with van der Waals surface area (Å²) in [5.74, 6) is 0. The van der Waals surface area contributed by atoms with E-state index in [0.717, 1.165) is 36.3 Å². The third-order valence-electron chi connectivity index (χ3n) is 22.3. The largest absolute Gasteiger partial charge is 0.312 e. The van der Waals surface area contributed by atoms with Crippen LogP contribution in [0, 0.1) is 0 Å². The van der Waals surface area contributed by atoms with Crippen LogP contribution in [0.4, 0.5) is 0 Å². The van der Waals surface area contributed by atoms with Crippen LogP contribution in [-0.2, 0) is 0 Å². The van der Waals surface area contributed by atoms with Crippen LogP contribution >= 0.6 is 0 Å². The maximum absolute atomic E-state index is 2.69. The van der Waals surface area contributed by atoms with E-state index >= 15 is 0 Å². The Hall–Kier alpha value is -0.480. The summed E-state index contributed by atoms with van der Waals surface area (Å²) in [6.07, 6.45) is 7.98. The van der Waals surface area contributed by atoms with Crippen molar-refractivity contribution in [1.82, 2.24) is 29.4 Å². The second-order valence-electron chi connectivity index (χ2n) is 33.8. The fourth-order valence-corrected chi connectivity index (χ4v) is 14.4. The average Bonchev–Trinajstić information content (AvgIpc) is 4.23. The van der Waals surface area contributed by atoms with E-state index in [1.807, 2.05) is 0 Å². The van der Waals surface area contributed by atoms with Crippen LogP contribution in [0.15, 0.2) is 0 Å². The Morgan fingerprint density at radius 3 is 1.12 bits per heavy atom. The summed E-state index contributed by atoms with van der Waals surface area (Å²) < 4.78 is 7.36. The van der Waals surface area contributed by atoms with Gasteiger partial charge in [-0.3, -0.25) is 0 Å². The Labute approximate surface area is 517 Å². The van der Waals surface area contributed by atoms with Gasteiger partial charge < -0.3 is 26.9 Å². The van der Waals surface area contributed by atoms with Crippen LogP contribution in [0.25, 0.3) is 0 Å². The minimum atomic E-state index is 0.324. The van der Waals surface area contributed by atoms with Crippen molar-refractivity contribution in [1.29, 1.82) is 0 Å². The number of rotatable bonds is 14. The van der Waals surface area contributed by atoms with Gasteiger partial charge in [0, 0.05) is 40.7 Å². The Kier molecular flexibility index (Phi) is 31.3. The molecular weight excluding hydrogens is 1010 g/mol. The van der Waals surface area contributed by atoms with E-state index < -0.39 is 0 Å². The standard InChI is InChI=1S/4C12H27N2.2C11H25N2/c1-7-11-9-14(6,8-2)10-13(11)12(3,4)5;1-7-11-9-13(12(3,4)5)10-14(11,6)8-2;1-6-8-12-9-14(5,7-2)10-13(12)11(3)4;1-6-8-12-9-13(11(3)4)10-14(12,5)7-2;1-7-13(6)8-10(2)12(9-13)11(3,4)5;1-7-13(6)9-12(8-10(13)2)11(3,4)5/h2*11H,7-10H2,1-6H3;2*11-12H,6-10H2,1-5H3;2*10H,7-9H2,1-6H3/q6*+1/t2*11?,14-;2*12?,14-;2*10?,13-/m101010/s1. The Morgan fingerprint density at radius 1 is 0.390 bits per heavy atom. The number of likely N-dealkylation sites (N-methyl/N-ethyl adjacent to an activating group) is 6. The van der Waals surface area contributed by atoms with Crippen LogP contribution in [0.2, 0.25) is 0 Å². The monoisotopic (exact) mass is 1170 g/mol. The van der Waals surface area contributed by atoms with Gasteiger partial charge in [-0.15, -0.1) is 0 Å². The topological polar surface area (TPSA) is 19.4 Å². The molecule has 0 amide bonds. The summed E-state index contributed by atoms with van der Waals surface area (Å²) in [5, 5.41) is 0. The predicted octanol–water partition coefficient (Wildman–Crippen LogP) is 13.0. The van der Waals surface area contributed by atoms with Crippen molar-refractivity contribution >= 4 is 0 Å². The minimum Gasteiger partial charge on any atom is -0.312 e. The Morgan fingerprint density at radius 2 is 0.805 bits per heavy atom. The lowest BCUT2D eigenvalue weighted by molar-refractivity contribution is -0.923. The SMILES string of the molecule is CCC1CN(C(C)(C)C)C[N@+]1(C)CC.CCC1C[N@@+](C)(CC)CN1C(C)(C)C.CCCC1CN(C(C)C)C[N@+]1(C)CC.CCCC1C[N@@+](C)(CC)CN1C(C)C.CC[N@+]1(C)CC(C)N(C(C)(C)C)C1.CC[N@@+]1(C)CN(C(C)(C)C)CC1C. The molecule has 6 saturated heterocycles. The molecule has 12 nitrogen and oxygen atoms in total. The first-order chi connectivity index (χ1) is 37.3. The molecule has 0 N–H and O–H groups in total. The number of hydrogen-bond donors (Lipinski definition) is 0. The molecule has 0 aliphatic carbocycles. The second-order valence-corrected chi connectivity index (χ2v) is 33.8. The van der Waals surface area contributed by atoms with Gasteiger partial charge in [0.2, 0.25) is 0 Å². The maximum Gasteiger partial charge on any atom is 0.135 e. The summed E-state index contributed by atoms with van der Waals surface area (Å²) in [6, 6.07) is 6.23. The van der Waals surface area contributed by atoms with Crippen LogP contribution in [-0.4, -0.2) is 288 Å². The van der Waals surface area contributed by atoms with Crippen LogP contribution in [0.5, 0.6) is 0 Å². The highest BCUT2D eigenvalue weighted by atomic mass is 15.6. The first-order valence-corrected chi connectivity index (χ1v) is 34.9. The fourth-order valence-electron chi connectivity index (χ4n) is 14.4. The van der Waals surface area contributed by atoms with Gasteiger partial charge in [0.15, 0.2) is 0 Å². The first-order valence-electron chi connectivity index (χ1n) is 34.9. The van der Waals surface area contributed by atoms with Crippen molar-refractivity contribution in [3.05, 3.63) is 0 Å². The summed E-state index contributed by atoms with van der Waals surface area (Å²) in [6.45, 7) is 87.6. The summed E-state index contributed by atoms with van der Waals surface area (Å²) in [4.78, 5) is 15.8. The smallest absolute Gasteiger partial charge is 0.135 e. The van der Waals surface area contributed by atoms with E-state index in [0.29, 0.717) is 34.2 Å². The van der Waals surface area contributed by atoms with Gasteiger partial charge in [-0.2, -0.15) is 0 Å². The van der Waals surface area contributed by atoms with Crippen molar-refractivity contribution in [3.8, 4) is 0 Å². The highest BCUT2D eigenvalue weighted by Crippen LogP contribution is 2.32. The van der Waals surface area contributed by atoms with E-state index in [9.17, 15) is 0 Å². The van der Waals surface area contributed by atoms with Gasteiger partial charge in [0.05, 0.1) is 139 Å². The van der Waals surface area contributed by atoms with E-state index in [2.05, 4.69) is 266 Å². The second kappa shape index (κ2) is 32.3. The van der Waals surface area contributed by atoms with Gasteiger partial charge in [0.1, 0.15) is 58.1 Å². The number of hydrogen-bond acceptors (Lipinski definition) is 6. The molecule has 6 unspecified atom stereocenters. The molecule has 0 aromatic heterocycles. The van der Waals surface area contributed by atoms with Gasteiger partial charge >= 0.3 is 0 Å². The third kappa shape index (κ3) is 22.8. The van der Waals surface area contributed by atoms with E-state index in [4.69, 9.17) is 0 Å². The zero-order valence-corrected chi connectivity index (χ0v) is 63.0. The molecule has 0 aromatic rings. The molecule has 0 aromatic carbocycles. The van der Waals surface area contributed by atoms with Crippen LogP contribution in [0.1, 0.15) is 232 Å². The Balaban J connectivity index is 0.000000492. The van der Waals surface area contributed by atoms with Crippen molar-refractivity contribution in [2.24, 2.45) is 0 Å². The molecule has 6 aliphatic rings. The summed E-state index contributed by atoms with van der Waals surface area (Å²) in [7, 11) is 14.3. The van der Waals surface area contributed by atoms with Crippen molar-refractivity contribution in [3.63, 3.8) is 0 Å². The lowest BCUT2D eigenvalue weighted by Crippen LogP contribution is -2.49. The van der Waals surface area contributed by atoms with Crippen molar-refractivity contribution in [2.75, 3.05) is 161 Å². The van der Waals surface area contributed by atoms with E-state index in [1.165, 1.54) is 184 Å². The predicted molar refractivity (Wildman–Crippen MR) is 364 cm³/mol. The first kappa shape index (κ1) is 79.5. The van der Waals surface area contributed by atoms with Gasteiger partial charge in [-0.25, -0.2) is 29.4 Å². The lowest BCUT2D eigenvalue weighted by Gasteiger charge is -2.35. The summed E-state index contributed by atoms with van der Waals surface area (Å²) in [5.41, 5.74) is 1.31. The molecule has 6 rings (SSSR count). The van der Waals surface area contributed by atoms with E-state index in [-0.39, 0.29) is 0 Å². The molecular formula is C70H158N12+6. The van der Waals surface area contributed by atoms with Crippen molar-refractivity contribution in [2.45, 2.75) is 303 Å². The molecule has 6 heterocycles. The van der Waals surface area contributed by atoms with Crippen molar-refractivity contribution < 1.29 is 26.9 Å². The molecule has 82 heavy (non-hydrogen) atoms. The molecule has 6 aliphatic heterocycles. The van der Waals surface area contributed by atoms with Crippen LogP contribution in [0.3, 0.4) is 0 Å². The lowest BCUT2D eigenvalue weighted by atomic mass is 10.0. The number of nitrogens with zero attached hydrogens (tertiary/aromatic N) is 12. The quantitative estimate of drug-likeness (QED) is 0.160. The van der Waals surface area contributed by atoms with Gasteiger partial charge in [-0.05, 0) is 185 Å². The molecule has 0 bridgehead atoms. The van der Waals surface area contributed by atoms with Crippen LogP contribution < -0.4 is 0 Å². The zero-order chi connectivity index (χ0) is 64.1. The maximum atomic E-state index is 2.69. The average molecular weight is 1170 g/mol. The van der Waals surface area contributed by atoms with E-state index in [1.54, 1.807) is 0 Å². The molecule has 6 fully saturated rings. The minimum absolute atomic E-state index is 0.324. The molecule has 0 saturated carbocycles. The highest BCUT2D eigenvalue weighted by Gasteiger charge is 2.47. The summed E-state index contributed by atoms with van der Waals surface area (Å²) >= 11 is 0. The van der Waals surface area contributed by atoms with Gasteiger partial charge in [-0.1, -0.05) is 40.5 Å². The molecule has 0 spiro atoms. The third-order valence-corrected chi connectivity index (χ3v) is 22.3. The Bertz CT molecular complexity index is 1760. The number of quaternary nitrogens is 6. The molecule has 0 radical (unpaired) electrons. The molecule has 12 atom stereocenters. The van der Waals surface area contributed by atoms with Gasteiger partial charge in [0.25, 0.3) is 0 Å². The molecule has 12 heteroatoms.